The zero-order chi connectivity index (χ0) is 7.84. The molecule has 56 valence electrons. The van der Waals surface area contributed by atoms with E-state index in [-0.39, 0.29) is 0 Å². The van der Waals surface area contributed by atoms with E-state index in [0.29, 0.717) is 11.0 Å². The van der Waals surface area contributed by atoms with Crippen molar-refractivity contribution in [2.45, 2.75) is 6.36 Å². The van der Waals surface area contributed by atoms with E-state index in [1.807, 2.05) is 0 Å². The van der Waals surface area contributed by atoms with Gasteiger partial charge in [-0.1, -0.05) is 24.3 Å². The number of hydrogen-bond donors (Lipinski definition) is 1. The molecule has 0 spiro atoms. The second-order valence-electron chi connectivity index (χ2n) is 2.43. The fourth-order valence-corrected chi connectivity index (χ4v) is 1.20. The highest BCUT2D eigenvalue weighted by Gasteiger charge is 2.34. The van der Waals surface area contributed by atoms with Crippen LogP contribution in [0.3, 0.4) is 0 Å². The highest BCUT2D eigenvalue weighted by atomic mass is 19.1. The summed E-state index contributed by atoms with van der Waals surface area (Å²) >= 11 is 0. The molecule has 1 heterocycles. The molecule has 1 atom stereocenters. The van der Waals surface area contributed by atoms with Crippen molar-refractivity contribution >= 4 is 12.6 Å². The van der Waals surface area contributed by atoms with Crippen molar-refractivity contribution in [2.24, 2.45) is 0 Å². The van der Waals surface area contributed by atoms with E-state index in [9.17, 15) is 4.39 Å². The fourth-order valence-electron chi connectivity index (χ4n) is 1.20. The summed E-state index contributed by atoms with van der Waals surface area (Å²) in [6, 6.07) is 6.71. The Hall–Kier alpha value is -0.865. The maximum atomic E-state index is 12.8. The van der Waals surface area contributed by atoms with Gasteiger partial charge >= 0.3 is 7.12 Å². The van der Waals surface area contributed by atoms with Gasteiger partial charge in [0.25, 0.3) is 0 Å². The molecule has 0 radical (unpaired) electrons. The summed E-state index contributed by atoms with van der Waals surface area (Å²) in [4.78, 5) is 0. The Morgan fingerprint density at radius 1 is 1.45 bits per heavy atom. The number of benzene rings is 1. The van der Waals surface area contributed by atoms with Crippen molar-refractivity contribution in [1.82, 2.24) is 0 Å². The summed E-state index contributed by atoms with van der Waals surface area (Å²) in [5.41, 5.74) is 0.958. The van der Waals surface area contributed by atoms with Crippen LogP contribution in [0.2, 0.25) is 0 Å². The van der Waals surface area contributed by atoms with Crippen LogP contribution in [0.15, 0.2) is 24.3 Å². The van der Waals surface area contributed by atoms with Crippen LogP contribution in [-0.4, -0.2) is 12.1 Å². The lowest BCUT2D eigenvalue weighted by Crippen LogP contribution is -2.27. The van der Waals surface area contributed by atoms with Gasteiger partial charge in [0.15, 0.2) is 0 Å². The summed E-state index contributed by atoms with van der Waals surface area (Å²) in [7, 11) is -1.10. The summed E-state index contributed by atoms with van der Waals surface area (Å²) in [5, 5.41) is 9.09. The summed E-state index contributed by atoms with van der Waals surface area (Å²) in [6.07, 6.45) is -1.47. The molecule has 1 aliphatic rings. The molecule has 1 unspecified atom stereocenters. The van der Waals surface area contributed by atoms with Crippen molar-refractivity contribution in [3.63, 3.8) is 0 Å². The van der Waals surface area contributed by atoms with Crippen molar-refractivity contribution in [1.29, 1.82) is 0 Å². The van der Waals surface area contributed by atoms with Gasteiger partial charge in [-0.15, -0.1) is 0 Å². The van der Waals surface area contributed by atoms with Gasteiger partial charge in [0.05, 0.1) is 0 Å². The highest BCUT2D eigenvalue weighted by Crippen LogP contribution is 2.23. The highest BCUT2D eigenvalue weighted by molar-refractivity contribution is 6.61. The van der Waals surface area contributed by atoms with Crippen LogP contribution in [0.4, 0.5) is 4.39 Å². The van der Waals surface area contributed by atoms with E-state index in [2.05, 4.69) is 4.65 Å². The van der Waals surface area contributed by atoms with Gasteiger partial charge in [-0.2, -0.15) is 0 Å². The smallest absolute Gasteiger partial charge is 0.423 e. The van der Waals surface area contributed by atoms with Gasteiger partial charge < -0.3 is 9.68 Å². The average Bonchev–Trinajstić information content (AvgIpc) is 2.30. The van der Waals surface area contributed by atoms with Crippen LogP contribution in [0.5, 0.6) is 0 Å². The average molecular weight is 152 g/mol. The molecule has 2 nitrogen and oxygen atoms in total. The van der Waals surface area contributed by atoms with E-state index in [4.69, 9.17) is 5.02 Å². The van der Waals surface area contributed by atoms with Crippen LogP contribution in [-0.2, 0) is 4.65 Å². The van der Waals surface area contributed by atoms with Crippen molar-refractivity contribution in [3.8, 4) is 0 Å². The largest absolute Gasteiger partial charge is 0.493 e. The number of fused-ring (bicyclic) bond motifs is 1. The van der Waals surface area contributed by atoms with E-state index >= 15 is 0 Å². The molecule has 0 amide bonds. The normalized spacial score (nSPS) is 22.0. The number of halogens is 1. The second kappa shape index (κ2) is 2.32. The second-order valence-corrected chi connectivity index (χ2v) is 2.43. The van der Waals surface area contributed by atoms with Crippen molar-refractivity contribution < 1.29 is 14.1 Å². The molecule has 4 heteroatoms. The molecule has 2 rings (SSSR count). The molecule has 1 aromatic rings. The third-order valence-corrected chi connectivity index (χ3v) is 1.75. The van der Waals surface area contributed by atoms with Crippen LogP contribution in [0.25, 0.3) is 0 Å². The Morgan fingerprint density at radius 3 is 2.91 bits per heavy atom. The number of hydrogen-bond acceptors (Lipinski definition) is 2. The lowest BCUT2D eigenvalue weighted by atomic mass is 9.80. The third kappa shape index (κ3) is 0.949. The Balaban J connectivity index is 2.52. The monoisotopic (exact) mass is 152 g/mol. The lowest BCUT2D eigenvalue weighted by Gasteiger charge is -1.97. The van der Waals surface area contributed by atoms with E-state index in [1.165, 1.54) is 0 Å². The van der Waals surface area contributed by atoms with Gasteiger partial charge in [-0.25, -0.2) is 4.39 Å². The molecule has 0 aliphatic carbocycles. The van der Waals surface area contributed by atoms with Gasteiger partial charge in [-0.05, 0) is 5.46 Å². The van der Waals surface area contributed by atoms with Crippen LogP contribution < -0.4 is 5.46 Å². The first-order valence-corrected chi connectivity index (χ1v) is 3.35. The van der Waals surface area contributed by atoms with Crippen LogP contribution in [0, 0.1) is 0 Å². The molecule has 0 fully saturated rings. The standard InChI is InChI=1S/C7H6BFO2/c9-7-5-3-1-2-4-6(5)8(10)11-7/h1-4,7,10H. The Kier molecular flexibility index (Phi) is 1.44. The first-order chi connectivity index (χ1) is 5.29. The van der Waals surface area contributed by atoms with Gasteiger partial charge in [0.2, 0.25) is 6.36 Å². The van der Waals surface area contributed by atoms with E-state index in [1.54, 1.807) is 24.3 Å². The minimum atomic E-state index is -1.47. The third-order valence-electron chi connectivity index (χ3n) is 1.75. The van der Waals surface area contributed by atoms with Crippen LogP contribution >= 0.6 is 0 Å². The predicted molar refractivity (Wildman–Crippen MR) is 39.0 cm³/mol. The van der Waals surface area contributed by atoms with Crippen molar-refractivity contribution in [3.05, 3.63) is 29.8 Å². The molecular formula is C7H6BFO2. The summed E-state index contributed by atoms with van der Waals surface area (Å²) in [5.74, 6) is 0. The lowest BCUT2D eigenvalue weighted by molar-refractivity contribution is 0.0621. The minimum Gasteiger partial charge on any atom is -0.423 e. The van der Waals surface area contributed by atoms with Crippen LogP contribution in [0.1, 0.15) is 11.9 Å². The molecule has 11 heavy (non-hydrogen) atoms. The minimum absolute atomic E-state index is 0.431. The zero-order valence-electron chi connectivity index (χ0n) is 5.70. The van der Waals surface area contributed by atoms with Gasteiger partial charge in [-0.3, -0.25) is 0 Å². The predicted octanol–water partition coefficient (Wildman–Crippen LogP) is 0.372. The quantitative estimate of drug-likeness (QED) is 0.544. The maximum Gasteiger partial charge on any atom is 0.493 e. The molecule has 0 bridgehead atoms. The maximum absolute atomic E-state index is 12.8. The Bertz CT molecular complexity index is 252. The summed E-state index contributed by atoms with van der Waals surface area (Å²) < 4.78 is 17.3. The number of alkyl halides is 1. The van der Waals surface area contributed by atoms with Crippen molar-refractivity contribution in [2.75, 3.05) is 0 Å². The van der Waals surface area contributed by atoms with E-state index in [0.717, 1.165) is 0 Å². The Labute approximate surface area is 63.8 Å². The molecule has 0 aromatic heterocycles. The fraction of sp³-hybridized carbons (Fsp3) is 0.143. The first kappa shape index (κ1) is 6.82. The topological polar surface area (TPSA) is 29.5 Å². The van der Waals surface area contributed by atoms with E-state index < -0.39 is 13.5 Å². The molecule has 0 saturated heterocycles. The Morgan fingerprint density at radius 2 is 2.18 bits per heavy atom. The zero-order valence-corrected chi connectivity index (χ0v) is 5.70. The number of rotatable bonds is 0. The van der Waals surface area contributed by atoms with Gasteiger partial charge in [0.1, 0.15) is 0 Å². The molecule has 1 aromatic carbocycles. The molecule has 1 aliphatic heterocycles. The molecular weight excluding hydrogens is 146 g/mol. The first-order valence-electron chi connectivity index (χ1n) is 3.35. The molecule has 0 saturated carbocycles. The molecule has 1 N–H and O–H groups in total. The summed E-state index contributed by atoms with van der Waals surface area (Å²) in [6.45, 7) is 0. The van der Waals surface area contributed by atoms with Gasteiger partial charge in [0, 0.05) is 5.56 Å². The SMILES string of the molecule is OB1OC(F)c2ccccc21.